The van der Waals surface area contributed by atoms with Gasteiger partial charge >= 0.3 is 5.63 Å². The molecule has 5 rings (SSSR count). The van der Waals surface area contributed by atoms with Gasteiger partial charge in [-0.15, -0.1) is 21.5 Å². The molecule has 1 N–H and O–H groups in total. The van der Waals surface area contributed by atoms with E-state index in [0.717, 1.165) is 39.6 Å². The van der Waals surface area contributed by atoms with Crippen LogP contribution in [0.15, 0.2) is 50.1 Å². The van der Waals surface area contributed by atoms with Gasteiger partial charge in [-0.3, -0.25) is 4.57 Å². The third-order valence-electron chi connectivity index (χ3n) is 4.89. The van der Waals surface area contributed by atoms with Crippen molar-refractivity contribution in [3.05, 3.63) is 57.3 Å². The lowest BCUT2D eigenvalue weighted by Gasteiger charge is -2.10. The zero-order chi connectivity index (χ0) is 19.3. The third kappa shape index (κ3) is 3.02. The van der Waals surface area contributed by atoms with Crippen LogP contribution >= 0.6 is 23.1 Å². The molecule has 0 atom stereocenters. The minimum absolute atomic E-state index is 0.120. The molecule has 0 radical (unpaired) electrons. The van der Waals surface area contributed by atoms with Crippen LogP contribution in [-0.2, 0) is 5.75 Å². The van der Waals surface area contributed by atoms with Crippen LogP contribution in [0.5, 0.6) is 5.75 Å². The highest BCUT2D eigenvalue weighted by atomic mass is 32.2. The fourth-order valence-electron chi connectivity index (χ4n) is 3.29. The molecule has 0 aliphatic heterocycles. The van der Waals surface area contributed by atoms with Gasteiger partial charge in [0.2, 0.25) is 0 Å². The molecule has 1 aliphatic carbocycles. The molecular formula is C20H17N3O3S2. The second kappa shape index (κ2) is 6.79. The first kappa shape index (κ1) is 17.5. The number of aryl methyl sites for hydroxylation is 1. The lowest BCUT2D eigenvalue weighted by atomic mass is 10.1. The van der Waals surface area contributed by atoms with E-state index in [9.17, 15) is 9.90 Å². The summed E-state index contributed by atoms with van der Waals surface area (Å²) in [7, 11) is 0. The second-order valence-corrected chi connectivity index (χ2v) is 8.74. The van der Waals surface area contributed by atoms with Crippen LogP contribution in [0.2, 0.25) is 0 Å². The van der Waals surface area contributed by atoms with E-state index < -0.39 is 5.63 Å². The topological polar surface area (TPSA) is 81.2 Å². The highest BCUT2D eigenvalue weighted by Crippen LogP contribution is 2.42. The van der Waals surface area contributed by atoms with E-state index in [2.05, 4.69) is 20.8 Å². The summed E-state index contributed by atoms with van der Waals surface area (Å²) in [4.78, 5) is 13.1. The van der Waals surface area contributed by atoms with Gasteiger partial charge in [-0.2, -0.15) is 0 Å². The highest BCUT2D eigenvalue weighted by molar-refractivity contribution is 7.98. The Morgan fingerprint density at radius 3 is 2.93 bits per heavy atom. The number of rotatable bonds is 5. The van der Waals surface area contributed by atoms with Crippen molar-refractivity contribution < 1.29 is 9.52 Å². The van der Waals surface area contributed by atoms with Crippen molar-refractivity contribution in [2.75, 3.05) is 0 Å². The molecule has 0 unspecified atom stereocenters. The van der Waals surface area contributed by atoms with Crippen LogP contribution in [0.3, 0.4) is 0 Å². The molecule has 3 aromatic heterocycles. The van der Waals surface area contributed by atoms with E-state index in [0.29, 0.717) is 22.9 Å². The van der Waals surface area contributed by atoms with E-state index in [4.69, 9.17) is 4.42 Å². The summed E-state index contributed by atoms with van der Waals surface area (Å²) in [6.45, 7) is 1.74. The van der Waals surface area contributed by atoms with Crippen molar-refractivity contribution in [3.8, 4) is 16.5 Å². The average Bonchev–Trinajstić information content (AvgIpc) is 3.20. The van der Waals surface area contributed by atoms with Crippen LogP contribution in [0.4, 0.5) is 0 Å². The number of hydrogen-bond donors (Lipinski definition) is 1. The van der Waals surface area contributed by atoms with Crippen molar-refractivity contribution in [3.63, 3.8) is 0 Å². The lowest BCUT2D eigenvalue weighted by molar-refractivity contribution is 0.468. The molecule has 0 spiro atoms. The van der Waals surface area contributed by atoms with Gasteiger partial charge < -0.3 is 9.52 Å². The Bertz CT molecular complexity index is 1220. The predicted molar refractivity (Wildman–Crippen MR) is 110 cm³/mol. The molecule has 0 bridgehead atoms. The standard InChI is InChI=1S/C20H17N3O3S2/c1-11-15(24)7-6-14-12(9-17(25)26-18(11)14)10-28-20-22-21-19(16-3-2-8-27-16)23(20)13-4-5-13/h2-3,6-9,13,24H,4-5,10H2,1H3. The van der Waals surface area contributed by atoms with E-state index >= 15 is 0 Å². The van der Waals surface area contributed by atoms with Gasteiger partial charge in [0.05, 0.1) is 4.88 Å². The van der Waals surface area contributed by atoms with Gasteiger partial charge in [-0.05, 0) is 48.9 Å². The average molecular weight is 412 g/mol. The summed E-state index contributed by atoms with van der Waals surface area (Å²) in [5.74, 6) is 1.61. The minimum Gasteiger partial charge on any atom is -0.508 e. The summed E-state index contributed by atoms with van der Waals surface area (Å²) < 4.78 is 7.56. The van der Waals surface area contributed by atoms with Gasteiger partial charge in [0.1, 0.15) is 11.3 Å². The van der Waals surface area contributed by atoms with Crippen LogP contribution in [0.25, 0.3) is 21.7 Å². The van der Waals surface area contributed by atoms with Crippen molar-refractivity contribution in [1.82, 2.24) is 14.8 Å². The number of thioether (sulfide) groups is 1. The van der Waals surface area contributed by atoms with Gasteiger partial charge in [-0.25, -0.2) is 4.79 Å². The number of phenols is 1. The molecule has 0 saturated heterocycles. The molecule has 1 fully saturated rings. The van der Waals surface area contributed by atoms with Crippen molar-refractivity contribution >= 4 is 34.1 Å². The maximum absolute atomic E-state index is 12.0. The molecule has 1 aliphatic rings. The molecule has 3 heterocycles. The maximum Gasteiger partial charge on any atom is 0.336 e. The van der Waals surface area contributed by atoms with Crippen LogP contribution in [0.1, 0.15) is 30.0 Å². The Hall–Kier alpha value is -2.58. The van der Waals surface area contributed by atoms with E-state index in [-0.39, 0.29) is 5.75 Å². The predicted octanol–water partition coefficient (Wildman–Crippen LogP) is 4.75. The number of fused-ring (bicyclic) bond motifs is 1. The van der Waals surface area contributed by atoms with Gasteiger partial charge in [0.25, 0.3) is 0 Å². The normalized spacial score (nSPS) is 14.0. The van der Waals surface area contributed by atoms with E-state index in [1.807, 2.05) is 11.4 Å². The molecule has 0 amide bonds. The third-order valence-corrected chi connectivity index (χ3v) is 6.75. The smallest absolute Gasteiger partial charge is 0.336 e. The minimum atomic E-state index is -0.417. The number of nitrogens with zero attached hydrogens (tertiary/aromatic N) is 3. The monoisotopic (exact) mass is 411 g/mol. The Morgan fingerprint density at radius 1 is 1.32 bits per heavy atom. The van der Waals surface area contributed by atoms with Gasteiger partial charge in [0, 0.05) is 28.8 Å². The SMILES string of the molecule is Cc1c(O)ccc2c(CSc3nnc(-c4cccs4)n3C3CC3)cc(=O)oc12. The molecule has 28 heavy (non-hydrogen) atoms. The quantitative estimate of drug-likeness (QED) is 0.377. The Labute approximate surface area is 168 Å². The number of aromatic nitrogens is 3. The molecule has 142 valence electrons. The van der Waals surface area contributed by atoms with Crippen LogP contribution in [-0.4, -0.2) is 19.9 Å². The van der Waals surface area contributed by atoms with Gasteiger partial charge in [0.15, 0.2) is 11.0 Å². The van der Waals surface area contributed by atoms with Crippen molar-refractivity contribution in [2.45, 2.75) is 36.7 Å². The lowest BCUT2D eigenvalue weighted by Crippen LogP contribution is -2.02. The Kier molecular flexibility index (Phi) is 4.25. The van der Waals surface area contributed by atoms with Crippen molar-refractivity contribution in [1.29, 1.82) is 0 Å². The summed E-state index contributed by atoms with van der Waals surface area (Å²) in [5.41, 5.74) is 1.45. The van der Waals surface area contributed by atoms with Gasteiger partial charge in [-0.1, -0.05) is 17.8 Å². The molecule has 1 saturated carbocycles. The summed E-state index contributed by atoms with van der Waals surface area (Å²) in [5, 5.41) is 22.5. The Morgan fingerprint density at radius 2 is 2.18 bits per heavy atom. The summed E-state index contributed by atoms with van der Waals surface area (Å²) >= 11 is 3.23. The summed E-state index contributed by atoms with van der Waals surface area (Å²) in [6, 6.07) is 9.47. The Balaban J connectivity index is 1.51. The largest absolute Gasteiger partial charge is 0.508 e. The number of benzene rings is 1. The van der Waals surface area contributed by atoms with E-state index in [1.54, 1.807) is 42.2 Å². The zero-order valence-corrected chi connectivity index (χ0v) is 16.7. The first-order chi connectivity index (χ1) is 13.6. The molecule has 8 heteroatoms. The number of hydrogen-bond acceptors (Lipinski definition) is 7. The fraction of sp³-hybridized carbons (Fsp3) is 0.250. The number of phenolic OH excluding ortho intramolecular Hbond substituents is 1. The fourth-order valence-corrected chi connectivity index (χ4v) is 4.99. The van der Waals surface area contributed by atoms with Crippen LogP contribution < -0.4 is 5.63 Å². The first-order valence-electron chi connectivity index (χ1n) is 8.98. The molecular weight excluding hydrogens is 394 g/mol. The highest BCUT2D eigenvalue weighted by Gasteiger charge is 2.30. The zero-order valence-electron chi connectivity index (χ0n) is 15.1. The van der Waals surface area contributed by atoms with E-state index in [1.165, 1.54) is 6.07 Å². The van der Waals surface area contributed by atoms with Crippen LogP contribution in [0, 0.1) is 6.92 Å². The molecule has 4 aromatic rings. The second-order valence-electron chi connectivity index (χ2n) is 6.85. The number of aromatic hydroxyl groups is 1. The van der Waals surface area contributed by atoms with Crippen molar-refractivity contribution in [2.24, 2.45) is 0 Å². The summed E-state index contributed by atoms with van der Waals surface area (Å²) in [6.07, 6.45) is 2.28. The first-order valence-corrected chi connectivity index (χ1v) is 10.8. The molecule has 1 aromatic carbocycles. The maximum atomic E-state index is 12.0. The number of thiophene rings is 1. The molecule has 6 nitrogen and oxygen atoms in total.